The number of hydrogen-bond acceptors (Lipinski definition) is 2. The minimum atomic E-state index is -0.834. The van der Waals surface area contributed by atoms with E-state index < -0.39 is 11.2 Å². The van der Waals surface area contributed by atoms with Gasteiger partial charge in [0.15, 0.2) is 0 Å². The summed E-state index contributed by atoms with van der Waals surface area (Å²) in [4.78, 5) is 10.3. The molecule has 66 valence electrons. The fourth-order valence-corrected chi connectivity index (χ4v) is 1.10. The summed E-state index contributed by atoms with van der Waals surface area (Å²) in [6.07, 6.45) is 3.48. The Labute approximate surface area is 77.3 Å². The van der Waals surface area contributed by atoms with Crippen LogP contribution in [0.1, 0.15) is 25.7 Å². The number of carboxylic acids is 1. The van der Waals surface area contributed by atoms with Gasteiger partial charge in [-0.2, -0.15) is 12.6 Å². The summed E-state index contributed by atoms with van der Waals surface area (Å²) >= 11 is 9.34. The number of halogens is 1. The predicted octanol–water partition coefficient (Wildman–Crippen LogP) is 2.17. The van der Waals surface area contributed by atoms with Crippen molar-refractivity contribution >= 4 is 30.2 Å². The van der Waals surface area contributed by atoms with E-state index in [4.69, 9.17) is 16.7 Å². The Bertz CT molecular complexity index is 119. The van der Waals surface area contributed by atoms with E-state index in [1.165, 1.54) is 0 Å². The molecule has 0 aromatic heterocycles. The lowest BCUT2D eigenvalue weighted by atomic mass is 10.1. The van der Waals surface area contributed by atoms with Crippen LogP contribution in [0.2, 0.25) is 0 Å². The van der Waals surface area contributed by atoms with Crippen LogP contribution >= 0.6 is 24.2 Å². The van der Waals surface area contributed by atoms with Gasteiger partial charge in [-0.05, 0) is 12.8 Å². The van der Waals surface area contributed by atoms with Crippen LogP contribution in [-0.4, -0.2) is 22.2 Å². The zero-order chi connectivity index (χ0) is 8.69. The van der Waals surface area contributed by atoms with Crippen molar-refractivity contribution in [3.8, 4) is 0 Å². The van der Waals surface area contributed by atoms with Gasteiger partial charge in [-0.1, -0.05) is 12.8 Å². The summed E-state index contributed by atoms with van der Waals surface area (Å²) in [5.74, 6) is -0.177. The Morgan fingerprint density at radius 3 is 2.55 bits per heavy atom. The van der Waals surface area contributed by atoms with Gasteiger partial charge in [0, 0.05) is 5.88 Å². The monoisotopic (exact) mass is 196 g/mol. The maximum atomic E-state index is 10.3. The van der Waals surface area contributed by atoms with Gasteiger partial charge in [0.25, 0.3) is 0 Å². The SMILES string of the molecule is O=C(O)C(S)CCCCCCl. The molecular formula is C7H13ClO2S. The Morgan fingerprint density at radius 2 is 2.09 bits per heavy atom. The Kier molecular flexibility index (Phi) is 6.87. The van der Waals surface area contributed by atoms with Crippen molar-refractivity contribution < 1.29 is 9.90 Å². The van der Waals surface area contributed by atoms with Crippen molar-refractivity contribution in [1.29, 1.82) is 0 Å². The lowest BCUT2D eigenvalue weighted by molar-refractivity contribution is -0.136. The molecule has 2 nitrogen and oxygen atoms in total. The average Bonchev–Trinajstić information content (AvgIpc) is 1.97. The second-order valence-corrected chi connectivity index (χ2v) is 3.39. The van der Waals surface area contributed by atoms with Crippen LogP contribution in [0.25, 0.3) is 0 Å². The number of hydrogen-bond donors (Lipinski definition) is 2. The highest BCUT2D eigenvalue weighted by Crippen LogP contribution is 2.08. The molecule has 11 heavy (non-hydrogen) atoms. The minimum absolute atomic E-state index is 0.509. The first kappa shape index (κ1) is 11.1. The molecule has 1 N–H and O–H groups in total. The van der Waals surface area contributed by atoms with Crippen molar-refractivity contribution in [3.63, 3.8) is 0 Å². The molecule has 1 atom stereocenters. The summed E-state index contributed by atoms with van der Waals surface area (Å²) in [5, 5.41) is 7.93. The highest BCUT2D eigenvalue weighted by Gasteiger charge is 2.10. The number of carboxylic acid groups (broad SMARTS) is 1. The first-order valence-electron chi connectivity index (χ1n) is 3.65. The molecule has 0 spiro atoms. The normalized spacial score (nSPS) is 12.9. The third kappa shape index (κ3) is 6.51. The Balaban J connectivity index is 3.17. The summed E-state index contributed by atoms with van der Waals surface area (Å²) in [6, 6.07) is 0. The van der Waals surface area contributed by atoms with Gasteiger partial charge in [0.1, 0.15) is 0 Å². The van der Waals surface area contributed by atoms with Gasteiger partial charge in [0.2, 0.25) is 0 Å². The van der Waals surface area contributed by atoms with Gasteiger partial charge in [-0.25, -0.2) is 0 Å². The van der Waals surface area contributed by atoms with Gasteiger partial charge in [-0.15, -0.1) is 11.6 Å². The summed E-state index contributed by atoms with van der Waals surface area (Å²) < 4.78 is 0. The van der Waals surface area contributed by atoms with E-state index in [1.807, 2.05) is 0 Å². The maximum absolute atomic E-state index is 10.3. The molecule has 0 saturated heterocycles. The van der Waals surface area contributed by atoms with Crippen molar-refractivity contribution in [2.45, 2.75) is 30.9 Å². The second kappa shape index (κ2) is 6.80. The third-order valence-corrected chi connectivity index (χ3v) is 2.14. The fourth-order valence-electron chi connectivity index (χ4n) is 0.732. The highest BCUT2D eigenvalue weighted by atomic mass is 35.5. The molecule has 0 amide bonds. The molecule has 0 bridgehead atoms. The van der Waals surface area contributed by atoms with E-state index in [1.54, 1.807) is 0 Å². The molecule has 0 aliphatic carbocycles. The van der Waals surface area contributed by atoms with Crippen LogP contribution in [0.3, 0.4) is 0 Å². The number of carbonyl (C=O) groups is 1. The van der Waals surface area contributed by atoms with Crippen molar-refractivity contribution in [1.82, 2.24) is 0 Å². The number of rotatable bonds is 6. The molecule has 0 aliphatic rings. The highest BCUT2D eigenvalue weighted by molar-refractivity contribution is 7.81. The molecule has 4 heteroatoms. The number of thiol groups is 1. The van der Waals surface area contributed by atoms with E-state index >= 15 is 0 Å². The number of aliphatic carboxylic acids is 1. The standard InChI is InChI=1S/C7H13ClO2S/c8-5-3-1-2-4-6(11)7(9)10/h6,11H,1-5H2,(H,9,10). The number of alkyl halides is 1. The van der Waals surface area contributed by atoms with E-state index in [2.05, 4.69) is 12.6 Å². The minimum Gasteiger partial charge on any atom is -0.480 e. The van der Waals surface area contributed by atoms with E-state index in [-0.39, 0.29) is 0 Å². The van der Waals surface area contributed by atoms with Crippen molar-refractivity contribution in [3.05, 3.63) is 0 Å². The third-order valence-electron chi connectivity index (χ3n) is 1.40. The largest absolute Gasteiger partial charge is 0.480 e. The van der Waals surface area contributed by atoms with Gasteiger partial charge >= 0.3 is 5.97 Å². The molecule has 0 aliphatic heterocycles. The van der Waals surface area contributed by atoms with Gasteiger partial charge < -0.3 is 5.11 Å². The Morgan fingerprint density at radius 1 is 1.45 bits per heavy atom. The fraction of sp³-hybridized carbons (Fsp3) is 0.857. The maximum Gasteiger partial charge on any atom is 0.316 e. The zero-order valence-corrected chi connectivity index (χ0v) is 7.94. The van der Waals surface area contributed by atoms with Crippen molar-refractivity contribution in [2.24, 2.45) is 0 Å². The molecule has 0 radical (unpaired) electrons. The molecule has 0 saturated carbocycles. The van der Waals surface area contributed by atoms with Crippen LogP contribution in [-0.2, 0) is 4.79 Å². The van der Waals surface area contributed by atoms with Gasteiger partial charge in [0.05, 0.1) is 5.25 Å². The molecule has 0 rings (SSSR count). The van der Waals surface area contributed by atoms with Crippen molar-refractivity contribution in [2.75, 3.05) is 5.88 Å². The van der Waals surface area contributed by atoms with Crippen LogP contribution in [0.15, 0.2) is 0 Å². The van der Waals surface area contributed by atoms with Crippen LogP contribution in [0.4, 0.5) is 0 Å². The van der Waals surface area contributed by atoms with E-state index in [0.717, 1.165) is 19.3 Å². The summed E-state index contributed by atoms with van der Waals surface area (Å²) in [7, 11) is 0. The predicted molar refractivity (Wildman–Crippen MR) is 49.6 cm³/mol. The lowest BCUT2D eigenvalue weighted by Crippen LogP contribution is -2.12. The molecule has 0 aromatic carbocycles. The zero-order valence-electron chi connectivity index (χ0n) is 6.29. The van der Waals surface area contributed by atoms with Crippen LogP contribution in [0, 0.1) is 0 Å². The molecule has 0 heterocycles. The van der Waals surface area contributed by atoms with Crippen LogP contribution < -0.4 is 0 Å². The second-order valence-electron chi connectivity index (χ2n) is 2.39. The van der Waals surface area contributed by atoms with E-state index in [0.29, 0.717) is 12.3 Å². The van der Waals surface area contributed by atoms with Crippen LogP contribution in [0.5, 0.6) is 0 Å². The first-order valence-corrected chi connectivity index (χ1v) is 4.70. The first-order chi connectivity index (χ1) is 5.18. The smallest absolute Gasteiger partial charge is 0.316 e. The lowest BCUT2D eigenvalue weighted by Gasteiger charge is -2.03. The van der Waals surface area contributed by atoms with Gasteiger partial charge in [-0.3, -0.25) is 4.79 Å². The molecule has 1 unspecified atom stereocenters. The molecule has 0 aromatic rings. The summed E-state index contributed by atoms with van der Waals surface area (Å²) in [5.41, 5.74) is 0. The topological polar surface area (TPSA) is 37.3 Å². The quantitative estimate of drug-likeness (QED) is 0.388. The summed E-state index contributed by atoms with van der Waals surface area (Å²) in [6.45, 7) is 0. The average molecular weight is 197 g/mol. The molecule has 0 fully saturated rings. The molecular weight excluding hydrogens is 184 g/mol. The Hall–Kier alpha value is 0.110. The number of unbranched alkanes of at least 4 members (excludes halogenated alkanes) is 2. The van der Waals surface area contributed by atoms with E-state index in [9.17, 15) is 4.79 Å².